The Morgan fingerprint density at radius 2 is 2.38 bits per heavy atom. The molecule has 1 saturated heterocycles. The molecule has 0 amide bonds. The molecule has 1 aromatic carbocycles. The molecule has 0 aliphatic carbocycles. The van der Waals surface area contributed by atoms with E-state index in [1.54, 1.807) is 6.92 Å². The molecular formula is C13H16O2S. The number of hydrogen-bond donors (Lipinski definition) is 1. The first-order chi connectivity index (χ1) is 7.68. The highest BCUT2D eigenvalue weighted by Crippen LogP contribution is 2.33. The van der Waals surface area contributed by atoms with Crippen molar-refractivity contribution in [2.24, 2.45) is 0 Å². The molecule has 1 fully saturated rings. The number of thioether (sulfide) groups is 1. The maximum absolute atomic E-state index is 10.9. The highest BCUT2D eigenvalue weighted by atomic mass is 32.2. The molecule has 0 aromatic heterocycles. The summed E-state index contributed by atoms with van der Waals surface area (Å²) < 4.78 is 0. The number of carboxylic acids is 1. The molecule has 16 heavy (non-hydrogen) atoms. The van der Waals surface area contributed by atoms with Crippen molar-refractivity contribution in [1.82, 2.24) is 0 Å². The molecule has 0 bridgehead atoms. The topological polar surface area (TPSA) is 37.3 Å². The van der Waals surface area contributed by atoms with E-state index >= 15 is 0 Å². The van der Waals surface area contributed by atoms with Crippen LogP contribution in [0.1, 0.15) is 36.3 Å². The normalized spacial score (nSPS) is 21.9. The lowest BCUT2D eigenvalue weighted by Gasteiger charge is -2.12. The highest BCUT2D eigenvalue weighted by Gasteiger charge is 2.19. The van der Waals surface area contributed by atoms with Crippen molar-refractivity contribution in [3.8, 4) is 0 Å². The molecule has 3 heteroatoms. The molecule has 1 heterocycles. The van der Waals surface area contributed by atoms with E-state index in [1.165, 1.54) is 23.5 Å². The van der Waals surface area contributed by atoms with Crippen LogP contribution in [0, 0.1) is 0 Å². The molecular weight excluding hydrogens is 220 g/mol. The third-order valence-electron chi connectivity index (χ3n) is 3.18. The van der Waals surface area contributed by atoms with Crippen LogP contribution in [-0.2, 0) is 4.79 Å². The molecule has 86 valence electrons. The van der Waals surface area contributed by atoms with E-state index in [4.69, 9.17) is 5.11 Å². The van der Waals surface area contributed by atoms with Crippen LogP contribution in [-0.4, -0.2) is 22.6 Å². The lowest BCUT2D eigenvalue weighted by atomic mass is 9.93. The first-order valence-electron chi connectivity index (χ1n) is 5.59. The molecule has 1 aliphatic heterocycles. The predicted molar refractivity (Wildman–Crippen MR) is 67.2 cm³/mol. The maximum Gasteiger partial charge on any atom is 0.310 e. The van der Waals surface area contributed by atoms with Crippen molar-refractivity contribution in [2.75, 3.05) is 11.5 Å². The molecule has 1 aliphatic rings. The van der Waals surface area contributed by atoms with Crippen LogP contribution in [0.4, 0.5) is 0 Å². The van der Waals surface area contributed by atoms with Crippen LogP contribution in [0.3, 0.4) is 0 Å². The third kappa shape index (κ3) is 2.40. The molecule has 0 saturated carbocycles. The summed E-state index contributed by atoms with van der Waals surface area (Å²) in [5.41, 5.74) is 2.22. The summed E-state index contributed by atoms with van der Waals surface area (Å²) in [6.45, 7) is 1.74. The third-order valence-corrected chi connectivity index (χ3v) is 4.34. The summed E-state index contributed by atoms with van der Waals surface area (Å²) in [5.74, 6) is 1.85. The Kier molecular flexibility index (Phi) is 3.54. The average molecular weight is 236 g/mol. The zero-order valence-corrected chi connectivity index (χ0v) is 10.2. The van der Waals surface area contributed by atoms with Gasteiger partial charge in [0.05, 0.1) is 5.92 Å². The number of hydrogen-bond acceptors (Lipinski definition) is 2. The van der Waals surface area contributed by atoms with Gasteiger partial charge >= 0.3 is 5.97 Å². The minimum Gasteiger partial charge on any atom is -0.481 e. The molecule has 0 spiro atoms. The zero-order chi connectivity index (χ0) is 11.5. The van der Waals surface area contributed by atoms with Crippen LogP contribution in [0.2, 0.25) is 0 Å². The summed E-state index contributed by atoms with van der Waals surface area (Å²) in [7, 11) is 0. The number of aliphatic carboxylic acids is 1. The minimum atomic E-state index is -0.752. The van der Waals surface area contributed by atoms with Gasteiger partial charge < -0.3 is 5.11 Å². The van der Waals surface area contributed by atoms with Crippen LogP contribution >= 0.6 is 11.8 Å². The van der Waals surface area contributed by atoms with Gasteiger partial charge in [-0.2, -0.15) is 11.8 Å². The van der Waals surface area contributed by atoms with Crippen LogP contribution in [0.5, 0.6) is 0 Å². The monoisotopic (exact) mass is 236 g/mol. The smallest absolute Gasteiger partial charge is 0.310 e. The van der Waals surface area contributed by atoms with Gasteiger partial charge in [-0.1, -0.05) is 24.3 Å². The minimum absolute atomic E-state index is 0.408. The predicted octanol–water partition coefficient (Wildman–Crippen LogP) is 3.10. The summed E-state index contributed by atoms with van der Waals surface area (Å²) in [6, 6.07) is 8.07. The van der Waals surface area contributed by atoms with Gasteiger partial charge in [-0.15, -0.1) is 0 Å². The fourth-order valence-electron chi connectivity index (χ4n) is 2.02. The van der Waals surface area contributed by atoms with E-state index in [0.29, 0.717) is 5.92 Å². The van der Waals surface area contributed by atoms with Gasteiger partial charge in [-0.3, -0.25) is 4.79 Å². The Balaban J connectivity index is 2.21. The van der Waals surface area contributed by atoms with E-state index in [-0.39, 0.29) is 0 Å². The SMILES string of the molecule is CC(C(=O)O)c1cccc(C2CCSC2)c1. The Labute approximate surface area is 100 Å². The van der Waals surface area contributed by atoms with Crippen molar-refractivity contribution in [3.05, 3.63) is 35.4 Å². The Bertz CT molecular complexity index is 383. The molecule has 2 unspecified atom stereocenters. The van der Waals surface area contributed by atoms with E-state index in [9.17, 15) is 4.79 Å². The van der Waals surface area contributed by atoms with E-state index in [1.807, 2.05) is 23.9 Å². The Morgan fingerprint density at radius 1 is 1.56 bits per heavy atom. The number of carboxylic acid groups (broad SMARTS) is 1. The van der Waals surface area contributed by atoms with Crippen LogP contribution in [0.25, 0.3) is 0 Å². The van der Waals surface area contributed by atoms with Gasteiger partial charge in [0.25, 0.3) is 0 Å². The van der Waals surface area contributed by atoms with Crippen molar-refractivity contribution in [3.63, 3.8) is 0 Å². The Hall–Kier alpha value is -0.960. The maximum atomic E-state index is 10.9. The van der Waals surface area contributed by atoms with Gasteiger partial charge in [-0.05, 0) is 36.1 Å². The number of rotatable bonds is 3. The fraction of sp³-hybridized carbons (Fsp3) is 0.462. The first kappa shape index (κ1) is 11.5. The van der Waals surface area contributed by atoms with Gasteiger partial charge in [0, 0.05) is 5.75 Å². The van der Waals surface area contributed by atoms with Gasteiger partial charge in [0.2, 0.25) is 0 Å². The second kappa shape index (κ2) is 4.91. The van der Waals surface area contributed by atoms with Crippen molar-refractivity contribution < 1.29 is 9.90 Å². The first-order valence-corrected chi connectivity index (χ1v) is 6.74. The summed E-state index contributed by atoms with van der Waals surface area (Å²) in [5, 5.41) is 8.99. The zero-order valence-electron chi connectivity index (χ0n) is 9.35. The van der Waals surface area contributed by atoms with Gasteiger partial charge in [0.1, 0.15) is 0 Å². The van der Waals surface area contributed by atoms with Crippen molar-refractivity contribution in [1.29, 1.82) is 0 Å². The largest absolute Gasteiger partial charge is 0.481 e. The molecule has 2 rings (SSSR count). The molecule has 1 N–H and O–H groups in total. The van der Waals surface area contributed by atoms with E-state index in [0.717, 1.165) is 5.56 Å². The second-order valence-electron chi connectivity index (χ2n) is 4.29. The quantitative estimate of drug-likeness (QED) is 0.876. The fourth-order valence-corrected chi connectivity index (χ4v) is 3.28. The van der Waals surface area contributed by atoms with E-state index < -0.39 is 11.9 Å². The summed E-state index contributed by atoms with van der Waals surface area (Å²) >= 11 is 1.98. The molecule has 2 atom stereocenters. The van der Waals surface area contributed by atoms with Gasteiger partial charge in [-0.25, -0.2) is 0 Å². The van der Waals surface area contributed by atoms with Crippen LogP contribution in [0.15, 0.2) is 24.3 Å². The second-order valence-corrected chi connectivity index (χ2v) is 5.44. The highest BCUT2D eigenvalue weighted by molar-refractivity contribution is 7.99. The van der Waals surface area contributed by atoms with E-state index in [2.05, 4.69) is 12.1 Å². The number of carbonyl (C=O) groups is 1. The summed E-state index contributed by atoms with van der Waals surface area (Å²) in [4.78, 5) is 10.9. The average Bonchev–Trinajstić information content (AvgIpc) is 2.81. The van der Waals surface area contributed by atoms with Crippen molar-refractivity contribution in [2.45, 2.75) is 25.2 Å². The lowest BCUT2D eigenvalue weighted by molar-refractivity contribution is -0.138. The van der Waals surface area contributed by atoms with Crippen LogP contribution < -0.4 is 0 Å². The molecule has 2 nitrogen and oxygen atoms in total. The standard InChI is InChI=1S/C13H16O2S/c1-9(13(14)15)10-3-2-4-11(7-10)12-5-6-16-8-12/h2-4,7,9,12H,5-6,8H2,1H3,(H,14,15). The lowest BCUT2D eigenvalue weighted by Crippen LogP contribution is -2.08. The van der Waals surface area contributed by atoms with Gasteiger partial charge in [0.15, 0.2) is 0 Å². The molecule has 0 radical (unpaired) electrons. The number of benzene rings is 1. The van der Waals surface area contributed by atoms with Crippen molar-refractivity contribution >= 4 is 17.7 Å². The Morgan fingerprint density at radius 3 is 3.00 bits per heavy atom. The molecule has 1 aromatic rings. The summed E-state index contributed by atoms with van der Waals surface area (Å²) in [6.07, 6.45) is 1.22.